The molecule has 1 rings (SSSR count). The van der Waals surface area contributed by atoms with E-state index in [2.05, 4.69) is 41.6 Å². The van der Waals surface area contributed by atoms with Crippen molar-refractivity contribution in [2.24, 2.45) is 0 Å². The van der Waals surface area contributed by atoms with Crippen LogP contribution in [0.5, 0.6) is 0 Å². The van der Waals surface area contributed by atoms with Crippen LogP contribution >= 0.6 is 11.3 Å². The fourth-order valence-corrected chi connectivity index (χ4v) is 2.28. The lowest BCUT2D eigenvalue weighted by Gasteiger charge is -2.08. The van der Waals surface area contributed by atoms with E-state index in [1.54, 1.807) is 11.3 Å². The molecule has 0 unspecified atom stereocenters. The minimum atomic E-state index is 0.637. The van der Waals surface area contributed by atoms with E-state index in [0.717, 1.165) is 49.8 Å². The molecule has 0 radical (unpaired) electrons. The maximum atomic E-state index is 5.61. The van der Waals surface area contributed by atoms with Gasteiger partial charge >= 0.3 is 0 Å². The summed E-state index contributed by atoms with van der Waals surface area (Å²) in [5.74, 6) is 0. The highest BCUT2D eigenvalue weighted by atomic mass is 32.1. The molecule has 4 nitrogen and oxygen atoms in total. The predicted octanol–water partition coefficient (Wildman–Crippen LogP) is 2.11. The van der Waals surface area contributed by atoms with Gasteiger partial charge in [-0.3, -0.25) is 0 Å². The van der Waals surface area contributed by atoms with Gasteiger partial charge < -0.3 is 15.0 Å². The third kappa shape index (κ3) is 7.06. The van der Waals surface area contributed by atoms with Crippen molar-refractivity contribution in [2.45, 2.75) is 32.9 Å². The first-order chi connectivity index (χ1) is 8.72. The summed E-state index contributed by atoms with van der Waals surface area (Å²) >= 11 is 1.71. The topological polar surface area (TPSA) is 37.4 Å². The summed E-state index contributed by atoms with van der Waals surface area (Å²) in [5, 5.41) is 6.60. The van der Waals surface area contributed by atoms with Gasteiger partial charge in [-0.2, -0.15) is 0 Å². The third-order valence-corrected chi connectivity index (χ3v) is 3.34. The van der Waals surface area contributed by atoms with Crippen molar-refractivity contribution >= 4 is 11.3 Å². The second-order valence-electron chi connectivity index (χ2n) is 4.62. The maximum absolute atomic E-state index is 5.61. The van der Waals surface area contributed by atoms with Gasteiger partial charge in [0.15, 0.2) is 0 Å². The molecule has 0 aliphatic rings. The number of nitrogens with zero attached hydrogens (tertiary/aromatic N) is 2. The Balaban J connectivity index is 2.11. The molecule has 0 aliphatic carbocycles. The van der Waals surface area contributed by atoms with Gasteiger partial charge in [0.05, 0.1) is 12.3 Å². The SMILES string of the molecule is CCCNCc1nc(COCCCN(C)C)cs1. The average molecular weight is 271 g/mol. The zero-order valence-electron chi connectivity index (χ0n) is 11.7. The molecule has 1 aromatic rings. The lowest BCUT2D eigenvalue weighted by atomic mass is 10.4. The molecule has 0 fully saturated rings. The highest BCUT2D eigenvalue weighted by Gasteiger charge is 2.01. The lowest BCUT2D eigenvalue weighted by molar-refractivity contribution is 0.111. The van der Waals surface area contributed by atoms with Crippen molar-refractivity contribution in [1.82, 2.24) is 15.2 Å². The van der Waals surface area contributed by atoms with Gasteiger partial charge in [-0.15, -0.1) is 11.3 Å². The summed E-state index contributed by atoms with van der Waals surface area (Å²) in [6, 6.07) is 0. The van der Waals surface area contributed by atoms with Crippen molar-refractivity contribution in [3.63, 3.8) is 0 Å². The number of thiazole rings is 1. The molecular formula is C13H25N3OS. The van der Waals surface area contributed by atoms with E-state index in [9.17, 15) is 0 Å². The van der Waals surface area contributed by atoms with Crippen LogP contribution in [0, 0.1) is 0 Å². The number of nitrogens with one attached hydrogen (secondary N) is 1. The lowest BCUT2D eigenvalue weighted by Crippen LogP contribution is -2.15. The van der Waals surface area contributed by atoms with Crippen molar-refractivity contribution in [3.05, 3.63) is 16.1 Å². The fourth-order valence-electron chi connectivity index (χ4n) is 1.53. The summed E-state index contributed by atoms with van der Waals surface area (Å²) < 4.78 is 5.61. The third-order valence-electron chi connectivity index (χ3n) is 2.45. The number of rotatable bonds is 10. The summed E-state index contributed by atoms with van der Waals surface area (Å²) in [7, 11) is 4.16. The van der Waals surface area contributed by atoms with Gasteiger partial charge in [0, 0.05) is 18.5 Å². The molecule has 1 aromatic heterocycles. The molecule has 0 aliphatic heterocycles. The first-order valence-corrected chi connectivity index (χ1v) is 7.46. The largest absolute Gasteiger partial charge is 0.375 e. The average Bonchev–Trinajstić information content (AvgIpc) is 2.77. The second-order valence-corrected chi connectivity index (χ2v) is 5.56. The Hall–Kier alpha value is -0.490. The summed E-state index contributed by atoms with van der Waals surface area (Å²) in [5.41, 5.74) is 1.05. The van der Waals surface area contributed by atoms with Crippen LogP contribution < -0.4 is 5.32 Å². The Bertz CT molecular complexity index is 315. The molecule has 0 spiro atoms. The number of ether oxygens (including phenoxy) is 1. The highest BCUT2D eigenvalue weighted by Crippen LogP contribution is 2.10. The summed E-state index contributed by atoms with van der Waals surface area (Å²) in [4.78, 5) is 6.71. The van der Waals surface area contributed by atoms with E-state index in [4.69, 9.17) is 4.74 Å². The van der Waals surface area contributed by atoms with Gasteiger partial charge in [-0.1, -0.05) is 6.92 Å². The van der Waals surface area contributed by atoms with Gasteiger partial charge in [-0.25, -0.2) is 4.98 Å². The Morgan fingerprint density at radius 1 is 1.44 bits per heavy atom. The van der Waals surface area contributed by atoms with Crippen molar-refractivity contribution < 1.29 is 4.74 Å². The van der Waals surface area contributed by atoms with Crippen LogP contribution in [0.25, 0.3) is 0 Å². The Labute approximate surface area is 114 Å². The van der Waals surface area contributed by atoms with Gasteiger partial charge in [0.2, 0.25) is 0 Å². The molecule has 0 amide bonds. The second kappa shape index (κ2) is 9.44. The Morgan fingerprint density at radius 3 is 3.00 bits per heavy atom. The zero-order chi connectivity index (χ0) is 13.2. The minimum Gasteiger partial charge on any atom is -0.375 e. The molecule has 0 saturated heterocycles. The highest BCUT2D eigenvalue weighted by molar-refractivity contribution is 7.09. The summed E-state index contributed by atoms with van der Waals surface area (Å²) in [6.07, 6.45) is 2.23. The van der Waals surface area contributed by atoms with E-state index in [1.165, 1.54) is 0 Å². The van der Waals surface area contributed by atoms with Crippen LogP contribution in [0.3, 0.4) is 0 Å². The van der Waals surface area contributed by atoms with Crippen LogP contribution in [0.4, 0.5) is 0 Å². The maximum Gasteiger partial charge on any atom is 0.107 e. The minimum absolute atomic E-state index is 0.637. The van der Waals surface area contributed by atoms with E-state index in [-0.39, 0.29) is 0 Å². The van der Waals surface area contributed by atoms with Crippen LogP contribution in [-0.4, -0.2) is 43.7 Å². The van der Waals surface area contributed by atoms with E-state index < -0.39 is 0 Å². The fraction of sp³-hybridized carbons (Fsp3) is 0.769. The quantitative estimate of drug-likeness (QED) is 0.661. The molecular weight excluding hydrogens is 246 g/mol. The molecule has 1 N–H and O–H groups in total. The van der Waals surface area contributed by atoms with Crippen LogP contribution in [0.2, 0.25) is 0 Å². The van der Waals surface area contributed by atoms with Crippen LogP contribution in [-0.2, 0) is 17.9 Å². The Kier molecular flexibility index (Phi) is 8.17. The summed E-state index contributed by atoms with van der Waals surface area (Å²) in [6.45, 7) is 6.61. The monoisotopic (exact) mass is 271 g/mol. The van der Waals surface area contributed by atoms with E-state index in [0.29, 0.717) is 6.61 Å². The standard InChI is InChI=1S/C13H25N3OS/c1-4-6-14-9-13-15-12(11-18-13)10-17-8-5-7-16(2)3/h11,14H,4-10H2,1-3H3. The van der Waals surface area contributed by atoms with Crippen LogP contribution in [0.1, 0.15) is 30.5 Å². The Morgan fingerprint density at radius 2 is 2.28 bits per heavy atom. The van der Waals surface area contributed by atoms with Gasteiger partial charge in [0.1, 0.15) is 5.01 Å². The first kappa shape index (κ1) is 15.6. The van der Waals surface area contributed by atoms with Crippen LogP contribution in [0.15, 0.2) is 5.38 Å². The van der Waals surface area contributed by atoms with E-state index in [1.807, 2.05) is 0 Å². The van der Waals surface area contributed by atoms with Gasteiger partial charge in [-0.05, 0) is 40.0 Å². The van der Waals surface area contributed by atoms with Crippen molar-refractivity contribution in [2.75, 3.05) is 33.8 Å². The van der Waals surface area contributed by atoms with Crippen molar-refractivity contribution in [1.29, 1.82) is 0 Å². The van der Waals surface area contributed by atoms with E-state index >= 15 is 0 Å². The smallest absolute Gasteiger partial charge is 0.107 e. The predicted molar refractivity (Wildman–Crippen MR) is 76.9 cm³/mol. The molecule has 0 bridgehead atoms. The molecule has 18 heavy (non-hydrogen) atoms. The zero-order valence-corrected chi connectivity index (χ0v) is 12.6. The number of hydrogen-bond donors (Lipinski definition) is 1. The number of aromatic nitrogens is 1. The molecule has 104 valence electrons. The molecule has 0 aromatic carbocycles. The molecule has 0 saturated carbocycles. The number of hydrogen-bond acceptors (Lipinski definition) is 5. The van der Waals surface area contributed by atoms with Gasteiger partial charge in [0.25, 0.3) is 0 Å². The first-order valence-electron chi connectivity index (χ1n) is 6.59. The molecule has 0 atom stereocenters. The molecule has 1 heterocycles. The van der Waals surface area contributed by atoms with Crippen molar-refractivity contribution in [3.8, 4) is 0 Å². The normalized spacial score (nSPS) is 11.3. The molecule has 5 heteroatoms.